The molecule has 2 aliphatic carbocycles. The first-order chi connectivity index (χ1) is 8.17. The second-order valence-electron chi connectivity index (χ2n) is 5.59. The molecule has 2 bridgehead atoms. The SMILES string of the molecule is COC(CN)C(=O)N1CC2CC3CC2C1C3O. The van der Waals surface area contributed by atoms with E-state index in [0.29, 0.717) is 17.8 Å². The van der Waals surface area contributed by atoms with Crippen LogP contribution >= 0.6 is 0 Å². The molecule has 0 aromatic heterocycles. The van der Waals surface area contributed by atoms with Crippen LogP contribution in [0.5, 0.6) is 0 Å². The summed E-state index contributed by atoms with van der Waals surface area (Å²) in [6.45, 7) is 0.981. The number of nitrogens with two attached hydrogens (primary N) is 1. The van der Waals surface area contributed by atoms with Crippen LogP contribution in [-0.4, -0.2) is 54.4 Å². The summed E-state index contributed by atoms with van der Waals surface area (Å²) in [6, 6.07) is 0.0236. The smallest absolute Gasteiger partial charge is 0.253 e. The van der Waals surface area contributed by atoms with Gasteiger partial charge in [0.15, 0.2) is 0 Å². The number of methoxy groups -OCH3 is 1. The normalized spacial score (nSPS) is 44.4. The van der Waals surface area contributed by atoms with Gasteiger partial charge in [0, 0.05) is 20.2 Å². The highest BCUT2D eigenvalue weighted by Crippen LogP contribution is 2.54. The first-order valence-electron chi connectivity index (χ1n) is 6.38. The fourth-order valence-electron chi connectivity index (χ4n) is 4.15. The number of aliphatic hydroxyl groups is 1. The molecule has 1 saturated heterocycles. The van der Waals surface area contributed by atoms with Gasteiger partial charge < -0.3 is 20.5 Å². The number of nitrogens with zero attached hydrogens (tertiary/aromatic N) is 1. The maximum atomic E-state index is 12.3. The number of hydrogen-bond donors (Lipinski definition) is 2. The summed E-state index contributed by atoms with van der Waals surface area (Å²) >= 11 is 0. The molecule has 5 nitrogen and oxygen atoms in total. The molecule has 3 N–H and O–H groups in total. The fraction of sp³-hybridized carbons (Fsp3) is 0.917. The Hall–Kier alpha value is -0.650. The number of ether oxygens (including phenoxy) is 1. The Morgan fingerprint density at radius 2 is 2.29 bits per heavy atom. The largest absolute Gasteiger partial charge is 0.391 e. The monoisotopic (exact) mass is 240 g/mol. The van der Waals surface area contributed by atoms with Crippen molar-refractivity contribution in [3.8, 4) is 0 Å². The van der Waals surface area contributed by atoms with Crippen molar-refractivity contribution in [2.45, 2.75) is 31.1 Å². The topological polar surface area (TPSA) is 75.8 Å². The minimum absolute atomic E-state index is 0.0236. The lowest BCUT2D eigenvalue weighted by Crippen LogP contribution is -2.49. The summed E-state index contributed by atoms with van der Waals surface area (Å²) in [7, 11) is 1.51. The van der Waals surface area contributed by atoms with E-state index in [1.165, 1.54) is 7.11 Å². The number of likely N-dealkylation sites (tertiary alicyclic amines) is 1. The Morgan fingerprint density at radius 1 is 1.53 bits per heavy atom. The van der Waals surface area contributed by atoms with Crippen molar-refractivity contribution < 1.29 is 14.6 Å². The summed E-state index contributed by atoms with van der Waals surface area (Å²) < 4.78 is 5.11. The van der Waals surface area contributed by atoms with Gasteiger partial charge in [-0.15, -0.1) is 0 Å². The van der Waals surface area contributed by atoms with E-state index in [1.54, 1.807) is 0 Å². The molecule has 6 atom stereocenters. The predicted molar refractivity (Wildman–Crippen MR) is 61.1 cm³/mol. The number of amides is 1. The van der Waals surface area contributed by atoms with Crippen molar-refractivity contribution in [2.75, 3.05) is 20.2 Å². The molecular formula is C12H20N2O3. The Bertz CT molecular complexity index is 330. The maximum absolute atomic E-state index is 12.3. The molecule has 2 saturated carbocycles. The molecular weight excluding hydrogens is 220 g/mol. The summed E-state index contributed by atoms with van der Waals surface area (Å²) in [5, 5.41) is 10.2. The lowest BCUT2D eigenvalue weighted by molar-refractivity contribution is -0.144. The van der Waals surface area contributed by atoms with Gasteiger partial charge in [-0.2, -0.15) is 0 Å². The number of aliphatic hydroxyl groups excluding tert-OH is 1. The molecule has 6 unspecified atom stereocenters. The van der Waals surface area contributed by atoms with Gasteiger partial charge in [0.1, 0.15) is 6.10 Å². The van der Waals surface area contributed by atoms with Gasteiger partial charge in [-0.05, 0) is 30.6 Å². The zero-order chi connectivity index (χ0) is 12.2. The molecule has 3 aliphatic rings. The molecule has 0 radical (unpaired) electrons. The van der Waals surface area contributed by atoms with E-state index in [0.717, 1.165) is 19.4 Å². The van der Waals surface area contributed by atoms with Gasteiger partial charge in [-0.25, -0.2) is 0 Å². The van der Waals surface area contributed by atoms with Crippen molar-refractivity contribution in [2.24, 2.45) is 23.5 Å². The van der Waals surface area contributed by atoms with Crippen molar-refractivity contribution in [3.05, 3.63) is 0 Å². The van der Waals surface area contributed by atoms with E-state index in [4.69, 9.17) is 10.5 Å². The summed E-state index contributed by atoms with van der Waals surface area (Å²) in [5.41, 5.74) is 5.53. The minimum Gasteiger partial charge on any atom is -0.391 e. The highest BCUT2D eigenvalue weighted by atomic mass is 16.5. The third kappa shape index (κ3) is 1.46. The average molecular weight is 240 g/mol. The molecule has 3 rings (SSSR count). The van der Waals surface area contributed by atoms with Crippen LogP contribution in [0.1, 0.15) is 12.8 Å². The fourth-order valence-corrected chi connectivity index (χ4v) is 4.15. The van der Waals surface area contributed by atoms with E-state index in [-0.39, 0.29) is 24.6 Å². The van der Waals surface area contributed by atoms with Crippen molar-refractivity contribution >= 4 is 5.91 Å². The summed E-state index contributed by atoms with van der Waals surface area (Å²) in [4.78, 5) is 14.1. The molecule has 5 heteroatoms. The van der Waals surface area contributed by atoms with Crippen LogP contribution in [0.15, 0.2) is 0 Å². The van der Waals surface area contributed by atoms with Gasteiger partial charge in [0.05, 0.1) is 12.1 Å². The second kappa shape index (κ2) is 3.93. The van der Waals surface area contributed by atoms with E-state index in [1.807, 2.05) is 4.90 Å². The van der Waals surface area contributed by atoms with Crippen LogP contribution in [-0.2, 0) is 9.53 Å². The Labute approximate surface area is 101 Å². The molecule has 1 heterocycles. The Balaban J connectivity index is 1.79. The number of carbonyl (C=O) groups excluding carboxylic acids is 1. The average Bonchev–Trinajstić information content (AvgIpc) is 2.90. The highest BCUT2D eigenvalue weighted by Gasteiger charge is 2.60. The predicted octanol–water partition coefficient (Wildman–Crippen LogP) is -0.812. The van der Waals surface area contributed by atoms with Crippen molar-refractivity contribution in [3.63, 3.8) is 0 Å². The number of fused-ring (bicyclic) bond motifs is 1. The molecule has 96 valence electrons. The molecule has 1 aliphatic heterocycles. The molecule has 0 aromatic carbocycles. The third-order valence-corrected chi connectivity index (χ3v) is 4.91. The molecule has 0 spiro atoms. The Morgan fingerprint density at radius 3 is 2.88 bits per heavy atom. The van der Waals surface area contributed by atoms with Crippen LogP contribution in [0.25, 0.3) is 0 Å². The van der Waals surface area contributed by atoms with Crippen LogP contribution < -0.4 is 5.73 Å². The van der Waals surface area contributed by atoms with Gasteiger partial charge in [0.25, 0.3) is 5.91 Å². The number of carbonyl (C=O) groups is 1. The maximum Gasteiger partial charge on any atom is 0.253 e. The summed E-state index contributed by atoms with van der Waals surface area (Å²) in [5.74, 6) is 1.46. The highest BCUT2D eigenvalue weighted by molar-refractivity contribution is 5.82. The van der Waals surface area contributed by atoms with Crippen LogP contribution in [0, 0.1) is 17.8 Å². The zero-order valence-electron chi connectivity index (χ0n) is 10.1. The van der Waals surface area contributed by atoms with E-state index >= 15 is 0 Å². The molecule has 1 amide bonds. The lowest BCUT2D eigenvalue weighted by atomic mass is 9.88. The van der Waals surface area contributed by atoms with Crippen LogP contribution in [0.4, 0.5) is 0 Å². The van der Waals surface area contributed by atoms with E-state index < -0.39 is 6.10 Å². The number of hydrogen-bond acceptors (Lipinski definition) is 4. The molecule has 3 fully saturated rings. The standard InChI is InChI=1S/C12H20N2O3/c1-17-9(4-13)12(16)14-5-7-2-6-3-8(7)10(14)11(6)15/h6-11,15H,2-5,13H2,1H3. The first kappa shape index (κ1) is 11.4. The van der Waals surface area contributed by atoms with Gasteiger partial charge in [-0.3, -0.25) is 4.79 Å². The van der Waals surface area contributed by atoms with Crippen molar-refractivity contribution in [1.29, 1.82) is 0 Å². The molecule has 17 heavy (non-hydrogen) atoms. The lowest BCUT2D eigenvalue weighted by Gasteiger charge is -2.30. The third-order valence-electron chi connectivity index (χ3n) is 4.91. The minimum atomic E-state index is -0.557. The van der Waals surface area contributed by atoms with Crippen molar-refractivity contribution in [1.82, 2.24) is 4.90 Å². The quantitative estimate of drug-likeness (QED) is 0.676. The Kier molecular flexibility index (Phi) is 2.65. The van der Waals surface area contributed by atoms with Crippen LogP contribution in [0.3, 0.4) is 0 Å². The van der Waals surface area contributed by atoms with Gasteiger partial charge >= 0.3 is 0 Å². The van der Waals surface area contributed by atoms with E-state index in [9.17, 15) is 9.90 Å². The number of rotatable bonds is 3. The molecule has 0 aromatic rings. The van der Waals surface area contributed by atoms with Crippen LogP contribution in [0.2, 0.25) is 0 Å². The summed E-state index contributed by atoms with van der Waals surface area (Å²) in [6.07, 6.45) is 1.27. The first-order valence-corrected chi connectivity index (χ1v) is 6.38. The van der Waals surface area contributed by atoms with Gasteiger partial charge in [-0.1, -0.05) is 0 Å². The van der Waals surface area contributed by atoms with Gasteiger partial charge in [0.2, 0.25) is 0 Å². The zero-order valence-corrected chi connectivity index (χ0v) is 10.1. The second-order valence-corrected chi connectivity index (χ2v) is 5.59. The van der Waals surface area contributed by atoms with E-state index in [2.05, 4.69) is 0 Å².